The van der Waals surface area contributed by atoms with Crippen molar-refractivity contribution in [2.75, 3.05) is 0 Å². The number of alkyl carbamates (subject to hydrolysis) is 1. The number of carboxylic acids is 1. The summed E-state index contributed by atoms with van der Waals surface area (Å²) >= 11 is 0. The van der Waals surface area contributed by atoms with Crippen molar-refractivity contribution >= 4 is 17.8 Å². The van der Waals surface area contributed by atoms with E-state index in [0.29, 0.717) is 12.8 Å². The van der Waals surface area contributed by atoms with Gasteiger partial charge in [0.05, 0.1) is 11.0 Å². The Bertz CT molecular complexity index is 490. The summed E-state index contributed by atoms with van der Waals surface area (Å²) in [7, 11) is 0. The van der Waals surface area contributed by atoms with Crippen LogP contribution in [0.1, 0.15) is 72.1 Å². The molecule has 1 amide bonds. The van der Waals surface area contributed by atoms with Crippen LogP contribution in [0.25, 0.3) is 0 Å². The molecule has 0 aliphatic heterocycles. The first-order valence-electron chi connectivity index (χ1n) is 8.37. The first-order chi connectivity index (χ1) is 10.6. The summed E-state index contributed by atoms with van der Waals surface area (Å²) in [4.78, 5) is 36.0. The highest BCUT2D eigenvalue weighted by molar-refractivity contribution is 5.85. The summed E-state index contributed by atoms with van der Waals surface area (Å²) in [5.41, 5.74) is -2.53. The normalized spacial score (nSPS) is 23.3. The standard InChI is InChI=1S/C17H27NO5/c1-15(2,3)23-14(22)18-17(8-4-5-9-17)16(13(20)21)10-6-12(19)7-11-16/h4-11H2,1-3H3,(H,18,22)(H,20,21). The minimum atomic E-state index is -1.08. The molecule has 2 aliphatic carbocycles. The van der Waals surface area contributed by atoms with Crippen LogP contribution < -0.4 is 5.32 Å². The Morgan fingerprint density at radius 1 is 1.09 bits per heavy atom. The summed E-state index contributed by atoms with van der Waals surface area (Å²) in [5, 5.41) is 12.8. The quantitative estimate of drug-likeness (QED) is 0.832. The summed E-state index contributed by atoms with van der Waals surface area (Å²) in [6, 6.07) is 0. The molecule has 2 aliphatic rings. The Hall–Kier alpha value is -1.59. The van der Waals surface area contributed by atoms with Gasteiger partial charge in [0.1, 0.15) is 11.4 Å². The molecule has 6 nitrogen and oxygen atoms in total. The van der Waals surface area contributed by atoms with E-state index in [1.807, 2.05) is 0 Å². The topological polar surface area (TPSA) is 92.7 Å². The van der Waals surface area contributed by atoms with Crippen molar-refractivity contribution in [2.45, 2.75) is 83.3 Å². The zero-order valence-electron chi connectivity index (χ0n) is 14.2. The van der Waals surface area contributed by atoms with Crippen molar-refractivity contribution in [3.63, 3.8) is 0 Å². The zero-order chi connectivity index (χ0) is 17.3. The number of aliphatic carboxylic acids is 1. The number of carbonyl (C=O) groups is 3. The van der Waals surface area contributed by atoms with E-state index in [2.05, 4.69) is 5.32 Å². The van der Waals surface area contributed by atoms with E-state index >= 15 is 0 Å². The lowest BCUT2D eigenvalue weighted by Gasteiger charge is -2.48. The van der Waals surface area contributed by atoms with Crippen molar-refractivity contribution in [3.8, 4) is 0 Å². The molecule has 0 aromatic carbocycles. The maximum Gasteiger partial charge on any atom is 0.408 e. The molecule has 23 heavy (non-hydrogen) atoms. The van der Waals surface area contributed by atoms with Gasteiger partial charge in [-0.2, -0.15) is 0 Å². The lowest BCUT2D eigenvalue weighted by molar-refractivity contribution is -0.159. The molecule has 0 atom stereocenters. The molecule has 0 aromatic rings. The van der Waals surface area contributed by atoms with Crippen LogP contribution in [-0.2, 0) is 14.3 Å². The van der Waals surface area contributed by atoms with Gasteiger partial charge < -0.3 is 15.2 Å². The van der Waals surface area contributed by atoms with Gasteiger partial charge in [0.15, 0.2) is 0 Å². The van der Waals surface area contributed by atoms with Crippen LogP contribution in [0.3, 0.4) is 0 Å². The Morgan fingerprint density at radius 3 is 2.04 bits per heavy atom. The van der Waals surface area contributed by atoms with Gasteiger partial charge >= 0.3 is 12.1 Å². The zero-order valence-corrected chi connectivity index (χ0v) is 14.2. The van der Waals surface area contributed by atoms with Crippen LogP contribution in [0.15, 0.2) is 0 Å². The van der Waals surface area contributed by atoms with Crippen LogP contribution in [0.4, 0.5) is 4.79 Å². The SMILES string of the molecule is CC(C)(C)OC(=O)NC1(C2(C(=O)O)CCC(=O)CC2)CCCC1. The lowest BCUT2D eigenvalue weighted by atomic mass is 9.60. The molecule has 0 unspecified atom stereocenters. The van der Waals surface area contributed by atoms with E-state index in [1.165, 1.54) is 0 Å². The molecule has 0 heterocycles. The molecule has 130 valence electrons. The molecule has 0 saturated heterocycles. The van der Waals surface area contributed by atoms with Crippen molar-refractivity contribution in [1.82, 2.24) is 5.32 Å². The highest BCUT2D eigenvalue weighted by Gasteiger charge is 2.59. The Balaban J connectivity index is 2.29. The smallest absolute Gasteiger partial charge is 0.408 e. The summed E-state index contributed by atoms with van der Waals surface area (Å²) in [6.45, 7) is 5.33. The first-order valence-corrected chi connectivity index (χ1v) is 8.37. The largest absolute Gasteiger partial charge is 0.481 e. The summed E-state index contributed by atoms with van der Waals surface area (Å²) in [5.74, 6) is -0.810. The number of Topliss-reactive ketones (excluding diaryl/α,β-unsaturated/α-hetero) is 1. The van der Waals surface area contributed by atoms with Gasteiger partial charge in [-0.25, -0.2) is 4.79 Å². The number of carboxylic acid groups (broad SMARTS) is 1. The van der Waals surface area contributed by atoms with Crippen molar-refractivity contribution in [1.29, 1.82) is 0 Å². The fourth-order valence-electron chi connectivity index (χ4n) is 4.05. The number of ether oxygens (including phenoxy) is 1. The monoisotopic (exact) mass is 325 g/mol. The molecule has 6 heteroatoms. The third-order valence-corrected chi connectivity index (χ3v) is 5.18. The molecule has 2 rings (SSSR count). The molecule has 2 N–H and O–H groups in total. The van der Waals surface area contributed by atoms with E-state index in [-0.39, 0.29) is 31.5 Å². The van der Waals surface area contributed by atoms with Gasteiger partial charge in [-0.05, 0) is 46.5 Å². The molecular weight excluding hydrogens is 298 g/mol. The molecular formula is C17H27NO5. The average molecular weight is 325 g/mol. The van der Waals surface area contributed by atoms with E-state index in [4.69, 9.17) is 4.74 Å². The van der Waals surface area contributed by atoms with Gasteiger partial charge in [-0.1, -0.05) is 12.8 Å². The van der Waals surface area contributed by atoms with Crippen LogP contribution in [0.5, 0.6) is 0 Å². The van der Waals surface area contributed by atoms with Crippen LogP contribution in [0, 0.1) is 5.41 Å². The number of hydrogen-bond acceptors (Lipinski definition) is 4. The lowest BCUT2D eigenvalue weighted by Crippen LogP contribution is -2.63. The second-order valence-corrected chi connectivity index (χ2v) is 7.84. The second-order valence-electron chi connectivity index (χ2n) is 7.84. The Morgan fingerprint density at radius 2 is 1.61 bits per heavy atom. The highest BCUT2D eigenvalue weighted by atomic mass is 16.6. The number of rotatable bonds is 3. The van der Waals surface area contributed by atoms with Crippen LogP contribution >= 0.6 is 0 Å². The number of carbonyl (C=O) groups excluding carboxylic acids is 2. The molecule has 2 fully saturated rings. The van der Waals surface area contributed by atoms with E-state index < -0.39 is 28.6 Å². The third-order valence-electron chi connectivity index (χ3n) is 5.18. The Kier molecular flexibility index (Phi) is 4.74. The van der Waals surface area contributed by atoms with Crippen LogP contribution in [0.2, 0.25) is 0 Å². The van der Waals surface area contributed by atoms with Crippen LogP contribution in [-0.4, -0.2) is 34.1 Å². The number of hydrogen-bond donors (Lipinski definition) is 2. The van der Waals surface area contributed by atoms with Gasteiger partial charge in [0.25, 0.3) is 0 Å². The molecule has 2 saturated carbocycles. The van der Waals surface area contributed by atoms with Gasteiger partial charge in [0.2, 0.25) is 0 Å². The second kappa shape index (κ2) is 6.13. The first kappa shape index (κ1) is 17.8. The van der Waals surface area contributed by atoms with Gasteiger partial charge in [-0.3, -0.25) is 9.59 Å². The minimum absolute atomic E-state index is 0.104. The predicted octanol–water partition coefficient (Wildman–Crippen LogP) is 3.04. The Labute approximate surface area is 137 Å². The highest BCUT2D eigenvalue weighted by Crippen LogP contribution is 2.51. The number of ketones is 1. The fourth-order valence-corrected chi connectivity index (χ4v) is 4.05. The third kappa shape index (κ3) is 3.51. The van der Waals surface area contributed by atoms with E-state index in [0.717, 1.165) is 12.8 Å². The van der Waals surface area contributed by atoms with Gasteiger partial charge in [-0.15, -0.1) is 0 Å². The minimum Gasteiger partial charge on any atom is -0.481 e. The molecule has 0 radical (unpaired) electrons. The summed E-state index contributed by atoms with van der Waals surface area (Å²) in [6.07, 6.45) is 3.52. The average Bonchev–Trinajstić information content (AvgIpc) is 2.86. The van der Waals surface area contributed by atoms with Crippen molar-refractivity contribution < 1.29 is 24.2 Å². The fraction of sp³-hybridized carbons (Fsp3) is 0.824. The van der Waals surface area contributed by atoms with E-state index in [9.17, 15) is 19.5 Å². The van der Waals surface area contributed by atoms with E-state index in [1.54, 1.807) is 20.8 Å². The van der Waals surface area contributed by atoms with Crippen molar-refractivity contribution in [2.24, 2.45) is 5.41 Å². The number of nitrogens with one attached hydrogen (secondary N) is 1. The molecule has 0 spiro atoms. The summed E-state index contributed by atoms with van der Waals surface area (Å²) < 4.78 is 5.35. The molecule has 0 bridgehead atoms. The molecule has 0 aromatic heterocycles. The number of amides is 1. The maximum absolute atomic E-state index is 12.3. The van der Waals surface area contributed by atoms with Gasteiger partial charge in [0, 0.05) is 12.8 Å². The maximum atomic E-state index is 12.3. The van der Waals surface area contributed by atoms with Crippen molar-refractivity contribution in [3.05, 3.63) is 0 Å². The predicted molar refractivity (Wildman–Crippen MR) is 84.1 cm³/mol.